The molecule has 3 rings (SSSR count). The van der Waals surface area contributed by atoms with E-state index in [1.807, 2.05) is 18.2 Å². The number of fused-ring (bicyclic) bond motifs is 1. The first kappa shape index (κ1) is 10.8. The fourth-order valence-corrected chi connectivity index (χ4v) is 2.17. The van der Waals surface area contributed by atoms with Crippen molar-refractivity contribution in [1.82, 2.24) is 5.32 Å². The lowest BCUT2D eigenvalue weighted by Gasteiger charge is -2.05. The molecule has 17 heavy (non-hydrogen) atoms. The van der Waals surface area contributed by atoms with Crippen LogP contribution in [0.2, 0.25) is 0 Å². The van der Waals surface area contributed by atoms with Gasteiger partial charge in [-0.05, 0) is 49.1 Å². The molecule has 0 radical (unpaired) electrons. The van der Waals surface area contributed by atoms with E-state index in [9.17, 15) is 4.79 Å². The summed E-state index contributed by atoms with van der Waals surface area (Å²) in [5, 5.41) is 3.23. The van der Waals surface area contributed by atoms with E-state index in [1.54, 1.807) is 0 Å². The van der Waals surface area contributed by atoms with Gasteiger partial charge in [0.1, 0.15) is 5.75 Å². The van der Waals surface area contributed by atoms with E-state index in [1.165, 1.54) is 12.8 Å². The quantitative estimate of drug-likeness (QED) is 0.785. The van der Waals surface area contributed by atoms with Crippen molar-refractivity contribution < 1.29 is 9.53 Å². The third-order valence-corrected chi connectivity index (χ3v) is 3.43. The van der Waals surface area contributed by atoms with Crippen molar-refractivity contribution >= 4 is 5.78 Å². The topological polar surface area (TPSA) is 38.3 Å². The molecule has 1 saturated carbocycles. The number of benzene rings is 1. The molecule has 1 aliphatic carbocycles. The number of ether oxygens (including phenoxy) is 1. The summed E-state index contributed by atoms with van der Waals surface area (Å²) in [5.74, 6) is 1.93. The van der Waals surface area contributed by atoms with E-state index in [0.717, 1.165) is 42.4 Å². The van der Waals surface area contributed by atoms with E-state index in [-0.39, 0.29) is 5.78 Å². The monoisotopic (exact) mass is 231 g/mol. The Bertz CT molecular complexity index is 438. The standard InChI is InChI=1S/C14H17NO2/c16-13(9-15-8-10-1-2-10)11-3-4-14-12(7-11)5-6-17-14/h3-4,7,10,15H,1-2,5-6,8-9H2. The smallest absolute Gasteiger partial charge is 0.176 e. The lowest BCUT2D eigenvalue weighted by Crippen LogP contribution is -2.25. The van der Waals surface area contributed by atoms with Crippen LogP contribution < -0.4 is 10.1 Å². The van der Waals surface area contributed by atoms with Crippen molar-refractivity contribution in [3.05, 3.63) is 29.3 Å². The second kappa shape index (κ2) is 4.49. The van der Waals surface area contributed by atoms with Crippen LogP contribution in [0.25, 0.3) is 0 Å². The van der Waals surface area contributed by atoms with Gasteiger partial charge in [0.05, 0.1) is 13.2 Å². The summed E-state index contributed by atoms with van der Waals surface area (Å²) in [6.45, 7) is 2.18. The van der Waals surface area contributed by atoms with E-state index < -0.39 is 0 Å². The van der Waals surface area contributed by atoms with Gasteiger partial charge in [0.25, 0.3) is 0 Å². The van der Waals surface area contributed by atoms with Crippen LogP contribution in [0, 0.1) is 5.92 Å². The Labute approximate surface area is 101 Å². The van der Waals surface area contributed by atoms with Crippen molar-refractivity contribution in [1.29, 1.82) is 0 Å². The van der Waals surface area contributed by atoms with Crippen LogP contribution in [-0.2, 0) is 6.42 Å². The number of carbonyl (C=O) groups excluding carboxylic acids is 1. The van der Waals surface area contributed by atoms with Gasteiger partial charge in [-0.25, -0.2) is 0 Å². The Morgan fingerprint density at radius 2 is 2.29 bits per heavy atom. The summed E-state index contributed by atoms with van der Waals surface area (Å²) >= 11 is 0. The van der Waals surface area contributed by atoms with Gasteiger partial charge in [0.15, 0.2) is 5.78 Å². The third-order valence-electron chi connectivity index (χ3n) is 3.43. The normalized spacial score (nSPS) is 17.6. The molecular formula is C14H17NO2. The molecule has 0 atom stereocenters. The predicted octanol–water partition coefficient (Wildman–Crippen LogP) is 1.80. The fourth-order valence-electron chi connectivity index (χ4n) is 2.17. The molecule has 1 aromatic rings. The molecule has 90 valence electrons. The van der Waals surface area contributed by atoms with E-state index in [4.69, 9.17) is 4.74 Å². The Balaban J connectivity index is 1.60. The number of carbonyl (C=O) groups is 1. The lowest BCUT2D eigenvalue weighted by molar-refractivity contribution is 0.0991. The maximum absolute atomic E-state index is 11.9. The van der Waals surface area contributed by atoms with E-state index in [2.05, 4.69) is 5.32 Å². The van der Waals surface area contributed by atoms with Crippen molar-refractivity contribution in [3.63, 3.8) is 0 Å². The fraction of sp³-hybridized carbons (Fsp3) is 0.500. The number of hydrogen-bond donors (Lipinski definition) is 1. The maximum Gasteiger partial charge on any atom is 0.176 e. The summed E-state index contributed by atoms with van der Waals surface area (Å²) in [6, 6.07) is 5.76. The number of ketones is 1. The second-order valence-corrected chi connectivity index (χ2v) is 4.92. The lowest BCUT2D eigenvalue weighted by atomic mass is 10.1. The van der Waals surface area contributed by atoms with Gasteiger partial charge in [-0.15, -0.1) is 0 Å². The molecule has 0 unspecified atom stereocenters. The van der Waals surface area contributed by atoms with Gasteiger partial charge in [-0.2, -0.15) is 0 Å². The molecule has 1 N–H and O–H groups in total. The first-order chi connectivity index (χ1) is 8.33. The Kier molecular flexibility index (Phi) is 2.85. The largest absolute Gasteiger partial charge is 0.493 e. The molecule has 0 spiro atoms. The first-order valence-corrected chi connectivity index (χ1v) is 6.32. The highest BCUT2D eigenvalue weighted by Crippen LogP contribution is 2.28. The van der Waals surface area contributed by atoms with Gasteiger partial charge in [0, 0.05) is 12.0 Å². The van der Waals surface area contributed by atoms with E-state index >= 15 is 0 Å². The SMILES string of the molecule is O=C(CNCC1CC1)c1ccc2c(c1)CCO2. The number of nitrogens with one attached hydrogen (secondary N) is 1. The zero-order valence-corrected chi connectivity index (χ0v) is 9.87. The van der Waals surface area contributed by atoms with Crippen LogP contribution >= 0.6 is 0 Å². The molecule has 1 aromatic carbocycles. The van der Waals surface area contributed by atoms with Crippen molar-refractivity contribution in [3.8, 4) is 5.75 Å². The molecule has 1 aliphatic heterocycles. The van der Waals surface area contributed by atoms with Gasteiger partial charge >= 0.3 is 0 Å². The van der Waals surface area contributed by atoms with Gasteiger partial charge in [-0.3, -0.25) is 4.79 Å². The predicted molar refractivity (Wildman–Crippen MR) is 65.6 cm³/mol. The highest BCUT2D eigenvalue weighted by molar-refractivity contribution is 5.98. The average Bonchev–Trinajstić information content (AvgIpc) is 3.04. The highest BCUT2D eigenvalue weighted by Gasteiger charge is 2.21. The second-order valence-electron chi connectivity index (χ2n) is 4.92. The minimum atomic E-state index is 0.181. The molecule has 1 heterocycles. The van der Waals surface area contributed by atoms with Crippen molar-refractivity contribution in [2.75, 3.05) is 19.7 Å². The zero-order chi connectivity index (χ0) is 11.7. The van der Waals surface area contributed by atoms with Crippen LogP contribution in [0.3, 0.4) is 0 Å². The summed E-state index contributed by atoms with van der Waals surface area (Å²) < 4.78 is 5.43. The summed E-state index contributed by atoms with van der Waals surface area (Å²) in [5.41, 5.74) is 1.97. The Hall–Kier alpha value is -1.35. The minimum absolute atomic E-state index is 0.181. The molecule has 0 saturated heterocycles. The van der Waals surface area contributed by atoms with Crippen LogP contribution in [0.5, 0.6) is 5.75 Å². The average molecular weight is 231 g/mol. The third kappa shape index (κ3) is 2.50. The zero-order valence-electron chi connectivity index (χ0n) is 9.87. The minimum Gasteiger partial charge on any atom is -0.493 e. The first-order valence-electron chi connectivity index (χ1n) is 6.32. The summed E-state index contributed by atoms with van der Waals surface area (Å²) in [6.07, 6.45) is 3.56. The number of rotatable bonds is 5. The van der Waals surface area contributed by atoms with Crippen LogP contribution in [0.15, 0.2) is 18.2 Å². The molecule has 0 amide bonds. The van der Waals surface area contributed by atoms with E-state index in [0.29, 0.717) is 6.54 Å². The molecule has 0 aromatic heterocycles. The van der Waals surface area contributed by atoms with Crippen molar-refractivity contribution in [2.24, 2.45) is 5.92 Å². The summed E-state index contributed by atoms with van der Waals surface area (Å²) in [4.78, 5) is 11.9. The molecule has 2 aliphatic rings. The Morgan fingerprint density at radius 1 is 1.41 bits per heavy atom. The van der Waals surface area contributed by atoms with Gasteiger partial charge < -0.3 is 10.1 Å². The van der Waals surface area contributed by atoms with Gasteiger partial charge in [-0.1, -0.05) is 0 Å². The van der Waals surface area contributed by atoms with Crippen LogP contribution in [-0.4, -0.2) is 25.5 Å². The van der Waals surface area contributed by atoms with Crippen LogP contribution in [0.1, 0.15) is 28.8 Å². The molecule has 1 fully saturated rings. The van der Waals surface area contributed by atoms with Gasteiger partial charge in [0.2, 0.25) is 0 Å². The number of hydrogen-bond acceptors (Lipinski definition) is 3. The molecule has 3 heteroatoms. The summed E-state index contributed by atoms with van der Waals surface area (Å²) in [7, 11) is 0. The molecular weight excluding hydrogens is 214 g/mol. The maximum atomic E-state index is 11.9. The number of Topliss-reactive ketones (excluding diaryl/α,β-unsaturated/α-hetero) is 1. The van der Waals surface area contributed by atoms with Crippen molar-refractivity contribution in [2.45, 2.75) is 19.3 Å². The molecule has 0 bridgehead atoms. The highest BCUT2D eigenvalue weighted by atomic mass is 16.5. The van der Waals surface area contributed by atoms with Crippen LogP contribution in [0.4, 0.5) is 0 Å². The molecule has 3 nitrogen and oxygen atoms in total. The Morgan fingerprint density at radius 3 is 3.12 bits per heavy atom.